The molecule has 1 aromatic rings. The quantitative estimate of drug-likeness (QED) is 0.865. The summed E-state index contributed by atoms with van der Waals surface area (Å²) in [7, 11) is 0. The summed E-state index contributed by atoms with van der Waals surface area (Å²) in [5.74, 6) is -0.985. The summed E-state index contributed by atoms with van der Waals surface area (Å²) in [6.45, 7) is 1.25. The summed E-state index contributed by atoms with van der Waals surface area (Å²) >= 11 is 17.5. The molecule has 0 spiro atoms. The Balaban J connectivity index is 2.68. The maximum atomic E-state index is 11.5. The molecule has 0 bridgehead atoms. The van der Waals surface area contributed by atoms with Crippen molar-refractivity contribution in [1.29, 1.82) is 0 Å². The van der Waals surface area contributed by atoms with Crippen molar-refractivity contribution in [3.05, 3.63) is 27.2 Å². The second-order valence-corrected chi connectivity index (χ2v) is 4.56. The lowest BCUT2D eigenvalue weighted by atomic mass is 10.3. The van der Waals surface area contributed by atoms with Gasteiger partial charge in [-0.2, -0.15) is 0 Å². The maximum Gasteiger partial charge on any atom is 0.306 e. The van der Waals surface area contributed by atoms with Crippen molar-refractivity contribution >= 4 is 52.4 Å². The highest BCUT2D eigenvalue weighted by Crippen LogP contribution is 2.33. The van der Waals surface area contributed by atoms with Crippen molar-refractivity contribution in [1.82, 2.24) is 0 Å². The number of carbonyl (C=O) groups is 2. The van der Waals surface area contributed by atoms with Crippen LogP contribution in [-0.2, 0) is 14.3 Å². The second-order valence-electron chi connectivity index (χ2n) is 3.31. The Labute approximate surface area is 119 Å². The van der Waals surface area contributed by atoms with Gasteiger partial charge < -0.3 is 10.1 Å². The first-order valence-electron chi connectivity index (χ1n) is 5.04. The first-order valence-corrected chi connectivity index (χ1v) is 6.17. The van der Waals surface area contributed by atoms with Crippen molar-refractivity contribution in [2.24, 2.45) is 0 Å². The first-order chi connectivity index (χ1) is 8.43. The van der Waals surface area contributed by atoms with Gasteiger partial charge >= 0.3 is 5.97 Å². The largest absolute Gasteiger partial charge is 0.456 e. The fraction of sp³-hybridized carbons (Fsp3) is 0.273. The van der Waals surface area contributed by atoms with Crippen LogP contribution in [0.1, 0.15) is 13.3 Å². The van der Waals surface area contributed by atoms with Gasteiger partial charge in [-0.25, -0.2) is 0 Å². The zero-order valence-corrected chi connectivity index (χ0v) is 11.7. The predicted octanol–water partition coefficient (Wildman–Crippen LogP) is 3.54. The average Bonchev–Trinajstić information content (AvgIpc) is 2.30. The molecule has 0 atom stereocenters. The van der Waals surface area contributed by atoms with Crippen LogP contribution in [0.2, 0.25) is 15.1 Å². The van der Waals surface area contributed by atoms with E-state index in [4.69, 9.17) is 34.8 Å². The summed E-state index contributed by atoms with van der Waals surface area (Å²) in [5.41, 5.74) is 0.236. The van der Waals surface area contributed by atoms with Crippen LogP contribution >= 0.6 is 34.8 Å². The minimum absolute atomic E-state index is 0.204. The standard InChI is InChI=1S/C11H10Cl3NO3/c1-2-10(17)18-5-9(16)15-11-7(13)3-6(12)4-8(11)14/h3-4H,2,5H2,1H3,(H,15,16). The van der Waals surface area contributed by atoms with Crippen LogP contribution in [0.3, 0.4) is 0 Å². The van der Waals surface area contributed by atoms with E-state index in [1.165, 1.54) is 12.1 Å². The van der Waals surface area contributed by atoms with Gasteiger partial charge in [0, 0.05) is 11.4 Å². The van der Waals surface area contributed by atoms with Gasteiger partial charge in [0.05, 0.1) is 15.7 Å². The normalized spacial score (nSPS) is 10.0. The minimum Gasteiger partial charge on any atom is -0.456 e. The molecule has 1 aromatic carbocycles. The minimum atomic E-state index is -0.525. The lowest BCUT2D eigenvalue weighted by molar-refractivity contribution is -0.146. The van der Waals surface area contributed by atoms with Gasteiger partial charge in [0.2, 0.25) is 0 Å². The molecule has 18 heavy (non-hydrogen) atoms. The highest BCUT2D eigenvalue weighted by Gasteiger charge is 2.12. The maximum absolute atomic E-state index is 11.5. The molecule has 0 heterocycles. The lowest BCUT2D eigenvalue weighted by Gasteiger charge is -2.09. The van der Waals surface area contributed by atoms with Crippen LogP contribution in [0.25, 0.3) is 0 Å². The third-order valence-corrected chi connectivity index (χ3v) is 2.74. The molecule has 0 saturated carbocycles. The Morgan fingerprint density at radius 2 is 1.78 bits per heavy atom. The van der Waals surface area contributed by atoms with Crippen molar-refractivity contribution in [2.45, 2.75) is 13.3 Å². The topological polar surface area (TPSA) is 55.4 Å². The first kappa shape index (κ1) is 15.1. The predicted molar refractivity (Wildman–Crippen MR) is 71.4 cm³/mol. The van der Waals surface area contributed by atoms with Crippen LogP contribution in [-0.4, -0.2) is 18.5 Å². The van der Waals surface area contributed by atoms with E-state index in [9.17, 15) is 9.59 Å². The summed E-state index contributed by atoms with van der Waals surface area (Å²) in [6, 6.07) is 2.89. The number of hydrogen-bond acceptors (Lipinski definition) is 3. The number of carbonyl (C=O) groups excluding carboxylic acids is 2. The molecule has 0 saturated heterocycles. The van der Waals surface area contributed by atoms with Gasteiger partial charge in [-0.1, -0.05) is 41.7 Å². The average molecular weight is 311 g/mol. The molecule has 4 nitrogen and oxygen atoms in total. The van der Waals surface area contributed by atoms with Crippen LogP contribution in [0, 0.1) is 0 Å². The van der Waals surface area contributed by atoms with Crippen molar-refractivity contribution < 1.29 is 14.3 Å². The lowest BCUT2D eigenvalue weighted by Crippen LogP contribution is -2.20. The van der Waals surface area contributed by atoms with Crippen molar-refractivity contribution in [2.75, 3.05) is 11.9 Å². The van der Waals surface area contributed by atoms with E-state index >= 15 is 0 Å². The Bertz CT molecular complexity index is 454. The molecule has 1 amide bonds. The number of nitrogens with one attached hydrogen (secondary N) is 1. The molecule has 0 unspecified atom stereocenters. The van der Waals surface area contributed by atoms with E-state index in [0.717, 1.165) is 0 Å². The van der Waals surface area contributed by atoms with Crippen LogP contribution in [0.5, 0.6) is 0 Å². The number of benzene rings is 1. The van der Waals surface area contributed by atoms with Gasteiger partial charge in [-0.05, 0) is 12.1 Å². The van der Waals surface area contributed by atoms with Crippen LogP contribution in [0.4, 0.5) is 5.69 Å². The number of esters is 1. The number of rotatable bonds is 4. The fourth-order valence-electron chi connectivity index (χ4n) is 1.09. The molecule has 0 aliphatic carbocycles. The number of hydrogen-bond donors (Lipinski definition) is 1. The molecular formula is C11H10Cl3NO3. The molecule has 0 aromatic heterocycles. The zero-order chi connectivity index (χ0) is 13.7. The molecule has 1 N–H and O–H groups in total. The van der Waals surface area contributed by atoms with Crippen LogP contribution < -0.4 is 5.32 Å². The monoisotopic (exact) mass is 309 g/mol. The van der Waals surface area contributed by atoms with E-state index in [-0.39, 0.29) is 28.8 Å². The molecule has 0 radical (unpaired) electrons. The Morgan fingerprint density at radius 3 is 2.28 bits per heavy atom. The summed E-state index contributed by atoms with van der Waals surface area (Å²) < 4.78 is 4.67. The Hall–Kier alpha value is -0.970. The van der Waals surface area contributed by atoms with Gasteiger partial charge in [-0.3, -0.25) is 9.59 Å². The van der Waals surface area contributed by atoms with Crippen LogP contribution in [0.15, 0.2) is 12.1 Å². The molecule has 0 fully saturated rings. The SMILES string of the molecule is CCC(=O)OCC(=O)Nc1c(Cl)cc(Cl)cc1Cl. The van der Waals surface area contributed by atoms with E-state index in [1.807, 2.05) is 0 Å². The van der Waals surface area contributed by atoms with Gasteiger partial charge in [-0.15, -0.1) is 0 Å². The Kier molecular flexibility index (Phi) is 5.72. The van der Waals surface area contributed by atoms with Gasteiger partial charge in [0.25, 0.3) is 5.91 Å². The summed E-state index contributed by atoms with van der Waals surface area (Å²) in [5, 5.41) is 3.23. The van der Waals surface area contributed by atoms with Crippen molar-refractivity contribution in [3.63, 3.8) is 0 Å². The van der Waals surface area contributed by atoms with Gasteiger partial charge in [0.1, 0.15) is 0 Å². The highest BCUT2D eigenvalue weighted by molar-refractivity contribution is 6.42. The molecule has 0 aliphatic heterocycles. The van der Waals surface area contributed by atoms with E-state index in [0.29, 0.717) is 5.02 Å². The smallest absolute Gasteiger partial charge is 0.306 e. The van der Waals surface area contributed by atoms with Gasteiger partial charge in [0.15, 0.2) is 6.61 Å². The van der Waals surface area contributed by atoms with E-state index in [2.05, 4.69) is 10.1 Å². The number of ether oxygens (including phenoxy) is 1. The fourth-order valence-corrected chi connectivity index (χ4v) is 2.00. The molecule has 7 heteroatoms. The second kappa shape index (κ2) is 6.83. The highest BCUT2D eigenvalue weighted by atomic mass is 35.5. The number of halogens is 3. The molecule has 0 aliphatic rings. The van der Waals surface area contributed by atoms with E-state index in [1.54, 1.807) is 6.92 Å². The third kappa shape index (κ3) is 4.37. The Morgan fingerprint density at radius 1 is 1.22 bits per heavy atom. The summed E-state index contributed by atoms with van der Waals surface area (Å²) in [4.78, 5) is 22.4. The van der Waals surface area contributed by atoms with E-state index < -0.39 is 11.9 Å². The number of amides is 1. The summed E-state index contributed by atoms with van der Waals surface area (Å²) in [6.07, 6.45) is 0.204. The molecular weight excluding hydrogens is 300 g/mol. The third-order valence-electron chi connectivity index (χ3n) is 1.92. The molecule has 98 valence electrons. The number of anilines is 1. The van der Waals surface area contributed by atoms with Crippen molar-refractivity contribution in [3.8, 4) is 0 Å². The molecule has 1 rings (SSSR count). The zero-order valence-electron chi connectivity index (χ0n) is 9.43.